The van der Waals surface area contributed by atoms with Gasteiger partial charge in [-0.05, 0) is 133 Å². The van der Waals surface area contributed by atoms with Crippen molar-refractivity contribution in [2.24, 2.45) is 0 Å². The zero-order valence-corrected chi connectivity index (χ0v) is 39.4. The Kier molecular flexibility index (Phi) is 20.6. The normalized spacial score (nSPS) is 12.8. The maximum Gasteiger partial charge on any atom is 0.343 e. The maximum absolute atomic E-state index is 13.5. The van der Waals surface area contributed by atoms with Crippen LogP contribution in [0.1, 0.15) is 185 Å². The summed E-state index contributed by atoms with van der Waals surface area (Å²) in [4.78, 5) is 26.5. The largest absolute Gasteiger partial charge is 0.494 e. The molecule has 0 spiro atoms. The zero-order valence-electron chi connectivity index (χ0n) is 38.6. The third-order valence-electron chi connectivity index (χ3n) is 11.9. The van der Waals surface area contributed by atoms with Crippen LogP contribution in [-0.4, -0.2) is 33.6 Å². The first-order valence-electron chi connectivity index (χ1n) is 23.9. The van der Waals surface area contributed by atoms with Gasteiger partial charge >= 0.3 is 11.9 Å². The number of carbonyl (C=O) groups excluding carboxylic acids is 2. The number of rotatable bonds is 28. The number of hydrogen-bond acceptors (Lipinski definition) is 8. The molecule has 4 aromatic rings. The first-order valence-corrected chi connectivity index (χ1v) is 25.8. The van der Waals surface area contributed by atoms with Crippen molar-refractivity contribution in [1.82, 2.24) is 0 Å². The number of unbranched alkanes of at least 4 members (excludes halogenated alkanes) is 18. The summed E-state index contributed by atoms with van der Waals surface area (Å²) in [5, 5.41) is 0. The SMILES string of the molecule is CCCCCCCCCCCCOc1ccc(C(=O)Oc2cc(C)c3c(c2)CS(=O)(=O)Cc2cc(OC(=O)c4ccc(OCCCCCCCCCCCC)cc4)cc(C)c2-3)cc1. The second-order valence-electron chi connectivity index (χ2n) is 17.5. The molecule has 0 aromatic heterocycles. The lowest BCUT2D eigenvalue weighted by atomic mass is 9.89. The van der Waals surface area contributed by atoms with Gasteiger partial charge in [-0.2, -0.15) is 0 Å². The van der Waals surface area contributed by atoms with Gasteiger partial charge in [-0.3, -0.25) is 0 Å². The summed E-state index contributed by atoms with van der Waals surface area (Å²) in [6.45, 7) is 9.54. The van der Waals surface area contributed by atoms with Crippen molar-refractivity contribution in [3.63, 3.8) is 0 Å². The molecule has 9 heteroatoms. The molecule has 0 unspecified atom stereocenters. The summed E-state index contributed by atoms with van der Waals surface area (Å²) in [7, 11) is -3.63. The second kappa shape index (κ2) is 26.2. The van der Waals surface area contributed by atoms with Crippen LogP contribution in [-0.2, 0) is 21.3 Å². The van der Waals surface area contributed by atoms with E-state index in [4.69, 9.17) is 18.9 Å². The van der Waals surface area contributed by atoms with Crippen LogP contribution in [0.2, 0.25) is 0 Å². The molecule has 8 nitrogen and oxygen atoms in total. The number of fused-ring (bicyclic) bond motifs is 3. The Balaban J connectivity index is 1.12. The predicted molar refractivity (Wildman–Crippen MR) is 255 cm³/mol. The summed E-state index contributed by atoms with van der Waals surface area (Å²) in [6, 6.07) is 20.7. The van der Waals surface area contributed by atoms with E-state index in [-0.39, 0.29) is 23.0 Å². The van der Waals surface area contributed by atoms with E-state index in [2.05, 4.69) is 13.8 Å². The van der Waals surface area contributed by atoms with E-state index in [0.717, 1.165) is 47.9 Å². The van der Waals surface area contributed by atoms with E-state index in [1.807, 2.05) is 13.8 Å². The Morgan fingerprint density at radius 3 is 1.10 bits per heavy atom. The average molecular weight is 881 g/mol. The molecular formula is C54H72O8S. The smallest absolute Gasteiger partial charge is 0.343 e. The van der Waals surface area contributed by atoms with Crippen LogP contribution in [0.4, 0.5) is 0 Å². The van der Waals surface area contributed by atoms with Crippen LogP contribution < -0.4 is 18.9 Å². The zero-order chi connectivity index (χ0) is 44.9. The number of hydrogen-bond donors (Lipinski definition) is 0. The van der Waals surface area contributed by atoms with Crippen LogP contribution in [0, 0.1) is 13.8 Å². The maximum atomic E-state index is 13.5. The highest BCUT2D eigenvalue weighted by atomic mass is 32.2. The fraction of sp³-hybridized carbons (Fsp3) is 0.519. The minimum absolute atomic E-state index is 0.226. The van der Waals surface area contributed by atoms with Crippen molar-refractivity contribution in [3.05, 3.63) is 106 Å². The van der Waals surface area contributed by atoms with E-state index >= 15 is 0 Å². The fourth-order valence-corrected chi connectivity index (χ4v) is 10.0. The van der Waals surface area contributed by atoms with Crippen LogP contribution in [0.5, 0.6) is 23.0 Å². The average Bonchev–Trinajstić information content (AvgIpc) is 3.37. The third kappa shape index (κ3) is 16.5. The van der Waals surface area contributed by atoms with E-state index in [1.54, 1.807) is 72.8 Å². The van der Waals surface area contributed by atoms with Gasteiger partial charge < -0.3 is 18.9 Å². The van der Waals surface area contributed by atoms with Gasteiger partial charge in [-0.25, -0.2) is 18.0 Å². The summed E-state index contributed by atoms with van der Waals surface area (Å²) in [5.74, 6) is 0.420. The molecule has 1 aliphatic heterocycles. The van der Waals surface area contributed by atoms with E-state index in [9.17, 15) is 18.0 Å². The minimum atomic E-state index is -3.63. The lowest BCUT2D eigenvalue weighted by Crippen LogP contribution is -2.10. The van der Waals surface area contributed by atoms with E-state index < -0.39 is 21.8 Å². The second-order valence-corrected chi connectivity index (χ2v) is 19.5. The highest BCUT2D eigenvalue weighted by Gasteiger charge is 2.28. The van der Waals surface area contributed by atoms with Crippen molar-refractivity contribution in [3.8, 4) is 34.1 Å². The molecule has 0 bridgehead atoms. The molecule has 1 aliphatic rings. The van der Waals surface area contributed by atoms with Crippen molar-refractivity contribution in [1.29, 1.82) is 0 Å². The van der Waals surface area contributed by atoms with Gasteiger partial charge in [0, 0.05) is 0 Å². The Morgan fingerprint density at radius 1 is 0.444 bits per heavy atom. The van der Waals surface area contributed by atoms with Crippen molar-refractivity contribution < 1.29 is 37.0 Å². The monoisotopic (exact) mass is 880 g/mol. The highest BCUT2D eigenvalue weighted by molar-refractivity contribution is 7.89. The van der Waals surface area contributed by atoms with Gasteiger partial charge in [0.05, 0.1) is 35.8 Å². The number of esters is 2. The molecule has 63 heavy (non-hydrogen) atoms. The Labute approximate surface area is 378 Å². The van der Waals surface area contributed by atoms with Gasteiger partial charge in [-0.15, -0.1) is 0 Å². The third-order valence-corrected chi connectivity index (χ3v) is 13.4. The van der Waals surface area contributed by atoms with Crippen molar-refractivity contribution in [2.45, 2.75) is 168 Å². The van der Waals surface area contributed by atoms with Gasteiger partial charge in [0.2, 0.25) is 0 Å². The van der Waals surface area contributed by atoms with Gasteiger partial charge in [-0.1, -0.05) is 129 Å². The molecule has 0 aliphatic carbocycles. The van der Waals surface area contributed by atoms with Crippen LogP contribution >= 0.6 is 0 Å². The molecule has 0 atom stereocenters. The fourth-order valence-electron chi connectivity index (χ4n) is 8.50. The molecule has 0 radical (unpaired) electrons. The number of sulfone groups is 1. The quantitative estimate of drug-likeness (QED) is 0.0315. The minimum Gasteiger partial charge on any atom is -0.494 e. The molecule has 0 saturated carbocycles. The summed E-state index contributed by atoms with van der Waals surface area (Å²) in [5.41, 5.74) is 4.94. The molecule has 1 heterocycles. The molecule has 5 rings (SSSR count). The van der Waals surface area contributed by atoms with E-state index in [1.165, 1.54) is 103 Å². The number of ether oxygens (including phenoxy) is 4. The molecule has 0 N–H and O–H groups in total. The van der Waals surface area contributed by atoms with Crippen LogP contribution in [0.3, 0.4) is 0 Å². The van der Waals surface area contributed by atoms with Gasteiger partial charge in [0.25, 0.3) is 0 Å². The highest BCUT2D eigenvalue weighted by Crippen LogP contribution is 2.42. The van der Waals surface area contributed by atoms with Crippen LogP contribution in [0.25, 0.3) is 11.1 Å². The lowest BCUT2D eigenvalue weighted by Gasteiger charge is -2.18. The molecular weight excluding hydrogens is 809 g/mol. The molecule has 0 saturated heterocycles. The lowest BCUT2D eigenvalue weighted by molar-refractivity contribution is 0.0725. The molecule has 4 aromatic carbocycles. The first kappa shape index (κ1) is 49.4. The van der Waals surface area contributed by atoms with Crippen molar-refractivity contribution >= 4 is 21.8 Å². The topological polar surface area (TPSA) is 105 Å². The number of benzene rings is 4. The predicted octanol–water partition coefficient (Wildman–Crippen LogP) is 14.4. The number of aryl methyl sites for hydroxylation is 2. The molecule has 0 amide bonds. The Morgan fingerprint density at radius 2 is 0.762 bits per heavy atom. The standard InChI is InChI=1S/C54H72O8S/c1-5-7-9-11-13-15-17-19-21-23-33-59-47-29-25-43(26-30-47)53(55)61-49-35-41(3)51-45(37-49)39-63(57,58)40-46-38-50(36-42(4)52(46)51)62-54(56)44-27-31-48(32-28-44)60-34-24-22-20-18-16-14-12-10-8-6-2/h25-32,35-38H,5-24,33-34,39-40H2,1-4H3. The first-order chi connectivity index (χ1) is 30.6. The molecule has 342 valence electrons. The Hall–Kier alpha value is -4.63. The summed E-state index contributed by atoms with van der Waals surface area (Å²) >= 11 is 0. The summed E-state index contributed by atoms with van der Waals surface area (Å²) in [6.07, 6.45) is 25.3. The van der Waals surface area contributed by atoms with Crippen molar-refractivity contribution in [2.75, 3.05) is 13.2 Å². The van der Waals surface area contributed by atoms with Gasteiger partial charge in [0.15, 0.2) is 9.84 Å². The van der Waals surface area contributed by atoms with E-state index in [0.29, 0.717) is 47.0 Å². The van der Waals surface area contributed by atoms with Crippen LogP contribution in [0.15, 0.2) is 72.8 Å². The number of carbonyl (C=O) groups is 2. The van der Waals surface area contributed by atoms with Gasteiger partial charge in [0.1, 0.15) is 23.0 Å². The summed E-state index contributed by atoms with van der Waals surface area (Å²) < 4.78 is 50.6. The molecule has 0 fully saturated rings. The Bertz CT molecular complexity index is 1990.